The van der Waals surface area contributed by atoms with Gasteiger partial charge in [-0.15, -0.1) is 0 Å². The average Bonchev–Trinajstić information content (AvgIpc) is 2.46. The summed E-state index contributed by atoms with van der Waals surface area (Å²) >= 11 is 7.00. The van der Waals surface area contributed by atoms with E-state index < -0.39 is 16.6 Å². The molecule has 8 nitrogen and oxygen atoms in total. The van der Waals surface area contributed by atoms with E-state index in [0.29, 0.717) is 12.3 Å². The van der Waals surface area contributed by atoms with Gasteiger partial charge in [0, 0.05) is 23.4 Å². The molecule has 0 aromatic heterocycles. The van der Waals surface area contributed by atoms with Crippen LogP contribution in [-0.2, 0) is 9.53 Å². The van der Waals surface area contributed by atoms with Crippen molar-refractivity contribution in [3.05, 3.63) is 33.3 Å². The molecule has 0 fully saturated rings. The van der Waals surface area contributed by atoms with Gasteiger partial charge < -0.3 is 15.4 Å². The summed E-state index contributed by atoms with van der Waals surface area (Å²) in [7, 11) is 0. The lowest BCUT2D eigenvalue weighted by atomic mass is 10.2. The number of halogens is 1. The minimum Gasteiger partial charge on any atom is -0.444 e. The van der Waals surface area contributed by atoms with Crippen molar-refractivity contribution in [2.75, 3.05) is 23.4 Å². The van der Waals surface area contributed by atoms with Crippen LogP contribution < -0.4 is 10.6 Å². The van der Waals surface area contributed by atoms with Gasteiger partial charge in [0.1, 0.15) is 11.3 Å². The number of carbonyl (C=O) groups excluding carboxylic acids is 2. The first kappa shape index (κ1) is 21.0. The standard InChI is InChI=1S/C15H20ClN3O5S/c1-15(2,3)24-14(21)17-6-7-25-9-13(20)18-11-5-4-10(16)8-12(11)19(22)23/h4-5,8H,6-7,9H2,1-3H3,(H,17,21)(H,18,20). The summed E-state index contributed by atoms with van der Waals surface area (Å²) in [4.78, 5) is 33.6. The highest BCUT2D eigenvalue weighted by atomic mass is 35.5. The second-order valence-electron chi connectivity index (χ2n) is 5.95. The Morgan fingerprint density at radius 2 is 2.04 bits per heavy atom. The number of anilines is 1. The van der Waals surface area contributed by atoms with Crippen LogP contribution in [0, 0.1) is 10.1 Å². The number of carbonyl (C=O) groups is 2. The Kier molecular flexibility index (Phi) is 7.98. The van der Waals surface area contributed by atoms with E-state index in [0.717, 1.165) is 0 Å². The van der Waals surface area contributed by atoms with E-state index in [1.54, 1.807) is 20.8 Å². The molecule has 1 aromatic carbocycles. The number of nitrogens with one attached hydrogen (secondary N) is 2. The van der Waals surface area contributed by atoms with Crippen molar-refractivity contribution in [1.29, 1.82) is 0 Å². The van der Waals surface area contributed by atoms with Gasteiger partial charge in [-0.25, -0.2) is 4.79 Å². The number of hydrogen-bond donors (Lipinski definition) is 2. The van der Waals surface area contributed by atoms with Crippen molar-refractivity contribution in [3.8, 4) is 0 Å². The lowest BCUT2D eigenvalue weighted by molar-refractivity contribution is -0.383. The maximum Gasteiger partial charge on any atom is 0.407 e. The van der Waals surface area contributed by atoms with Crippen LogP contribution in [-0.4, -0.2) is 40.6 Å². The van der Waals surface area contributed by atoms with E-state index in [-0.39, 0.29) is 28.1 Å². The number of nitro groups is 1. The van der Waals surface area contributed by atoms with E-state index in [1.165, 1.54) is 30.0 Å². The lowest BCUT2D eigenvalue weighted by Gasteiger charge is -2.19. The van der Waals surface area contributed by atoms with Crippen molar-refractivity contribution < 1.29 is 19.2 Å². The van der Waals surface area contributed by atoms with Crippen molar-refractivity contribution in [2.45, 2.75) is 26.4 Å². The van der Waals surface area contributed by atoms with Crippen LogP contribution in [0.25, 0.3) is 0 Å². The highest BCUT2D eigenvalue weighted by molar-refractivity contribution is 7.99. The Hall–Kier alpha value is -2.00. The molecule has 2 N–H and O–H groups in total. The molecule has 0 atom stereocenters. The van der Waals surface area contributed by atoms with E-state index in [2.05, 4.69) is 10.6 Å². The first-order valence-corrected chi connectivity index (χ1v) is 8.90. The van der Waals surface area contributed by atoms with Crippen molar-refractivity contribution in [1.82, 2.24) is 5.32 Å². The van der Waals surface area contributed by atoms with Gasteiger partial charge in [-0.1, -0.05) is 11.6 Å². The van der Waals surface area contributed by atoms with E-state index >= 15 is 0 Å². The Morgan fingerprint density at radius 1 is 1.36 bits per heavy atom. The van der Waals surface area contributed by atoms with Crippen LogP contribution in [0.2, 0.25) is 5.02 Å². The van der Waals surface area contributed by atoms with Crippen LogP contribution in [0.5, 0.6) is 0 Å². The Bertz CT molecular complexity index is 649. The van der Waals surface area contributed by atoms with Crippen LogP contribution in [0.1, 0.15) is 20.8 Å². The van der Waals surface area contributed by atoms with Gasteiger partial charge in [-0.2, -0.15) is 11.8 Å². The molecule has 0 aliphatic carbocycles. The smallest absolute Gasteiger partial charge is 0.407 e. The first-order chi connectivity index (χ1) is 11.6. The van der Waals surface area contributed by atoms with E-state index in [9.17, 15) is 19.7 Å². The molecular weight excluding hydrogens is 370 g/mol. The monoisotopic (exact) mass is 389 g/mol. The van der Waals surface area contributed by atoms with Gasteiger partial charge in [0.05, 0.1) is 10.7 Å². The minimum absolute atomic E-state index is 0.0897. The molecule has 0 aliphatic heterocycles. The zero-order valence-corrected chi connectivity index (χ0v) is 15.7. The Balaban J connectivity index is 2.35. The second kappa shape index (κ2) is 9.47. The average molecular weight is 390 g/mol. The molecular formula is C15H20ClN3O5S. The summed E-state index contributed by atoms with van der Waals surface area (Å²) in [6, 6.07) is 4.02. The number of nitrogens with zero attached hydrogens (tertiary/aromatic N) is 1. The molecule has 0 saturated carbocycles. The summed E-state index contributed by atoms with van der Waals surface area (Å²) < 4.78 is 5.08. The molecule has 0 spiro atoms. The number of rotatable bonds is 7. The minimum atomic E-state index is -0.612. The molecule has 1 aromatic rings. The number of amides is 2. The maximum atomic E-state index is 11.9. The number of nitro benzene ring substituents is 1. The largest absolute Gasteiger partial charge is 0.444 e. The molecule has 25 heavy (non-hydrogen) atoms. The fourth-order valence-corrected chi connectivity index (χ4v) is 2.47. The van der Waals surface area contributed by atoms with Crippen molar-refractivity contribution in [3.63, 3.8) is 0 Å². The molecule has 0 unspecified atom stereocenters. The van der Waals surface area contributed by atoms with Gasteiger partial charge in [-0.3, -0.25) is 14.9 Å². The van der Waals surface area contributed by atoms with Crippen LogP contribution >= 0.6 is 23.4 Å². The van der Waals surface area contributed by atoms with Gasteiger partial charge >= 0.3 is 6.09 Å². The molecule has 0 radical (unpaired) electrons. The first-order valence-electron chi connectivity index (χ1n) is 7.37. The number of ether oxygens (including phenoxy) is 1. The van der Waals surface area contributed by atoms with E-state index in [4.69, 9.17) is 16.3 Å². The van der Waals surface area contributed by atoms with E-state index in [1.807, 2.05) is 0 Å². The van der Waals surface area contributed by atoms with Crippen molar-refractivity contribution in [2.24, 2.45) is 0 Å². The molecule has 138 valence electrons. The number of hydrogen-bond acceptors (Lipinski definition) is 6. The number of benzene rings is 1. The predicted octanol–water partition coefficient (Wildman–Crippen LogP) is 3.44. The third-order valence-corrected chi connectivity index (χ3v) is 3.77. The second-order valence-corrected chi connectivity index (χ2v) is 7.49. The Labute approximate surface area is 154 Å². The highest BCUT2D eigenvalue weighted by Crippen LogP contribution is 2.27. The Morgan fingerprint density at radius 3 is 2.64 bits per heavy atom. The summed E-state index contributed by atoms with van der Waals surface area (Å²) in [5, 5.41) is 16.2. The van der Waals surface area contributed by atoms with Gasteiger partial charge in [0.2, 0.25) is 5.91 Å². The molecule has 2 amide bonds. The zero-order chi connectivity index (χ0) is 19.0. The fourth-order valence-electron chi connectivity index (χ4n) is 1.65. The zero-order valence-electron chi connectivity index (χ0n) is 14.1. The topological polar surface area (TPSA) is 111 Å². The number of alkyl carbamates (subject to hydrolysis) is 1. The lowest BCUT2D eigenvalue weighted by Crippen LogP contribution is -2.33. The van der Waals surface area contributed by atoms with Crippen LogP contribution in [0.15, 0.2) is 18.2 Å². The van der Waals surface area contributed by atoms with Gasteiger partial charge in [0.25, 0.3) is 5.69 Å². The molecule has 0 bridgehead atoms. The summed E-state index contributed by atoms with van der Waals surface area (Å²) in [6.45, 7) is 5.64. The summed E-state index contributed by atoms with van der Waals surface area (Å²) in [5.74, 6) is 0.207. The van der Waals surface area contributed by atoms with Gasteiger partial charge in [-0.05, 0) is 32.9 Å². The van der Waals surface area contributed by atoms with Crippen LogP contribution in [0.3, 0.4) is 0 Å². The fraction of sp³-hybridized carbons (Fsp3) is 0.467. The third-order valence-electron chi connectivity index (χ3n) is 2.58. The molecule has 0 heterocycles. The quantitative estimate of drug-likeness (QED) is 0.419. The maximum absolute atomic E-state index is 11.9. The molecule has 0 saturated heterocycles. The van der Waals surface area contributed by atoms with Crippen molar-refractivity contribution >= 4 is 46.7 Å². The summed E-state index contributed by atoms with van der Waals surface area (Å²) in [6.07, 6.45) is -0.519. The third kappa shape index (κ3) is 8.59. The van der Waals surface area contributed by atoms with Gasteiger partial charge in [0.15, 0.2) is 0 Å². The SMILES string of the molecule is CC(C)(C)OC(=O)NCCSCC(=O)Nc1ccc(Cl)cc1[N+](=O)[O-]. The van der Waals surface area contributed by atoms with Crippen LogP contribution in [0.4, 0.5) is 16.2 Å². The molecule has 1 rings (SSSR count). The molecule has 0 aliphatic rings. The summed E-state index contributed by atoms with van der Waals surface area (Å²) in [5.41, 5.74) is -0.742. The number of thioether (sulfide) groups is 1. The predicted molar refractivity (Wildman–Crippen MR) is 98.3 cm³/mol. The highest BCUT2D eigenvalue weighted by Gasteiger charge is 2.17. The normalized spacial score (nSPS) is 10.9. The molecule has 10 heteroatoms.